The van der Waals surface area contributed by atoms with Crippen LogP contribution in [-0.2, 0) is 4.74 Å². The van der Waals surface area contributed by atoms with Gasteiger partial charge in [-0.3, -0.25) is 0 Å². The molecule has 0 bridgehead atoms. The van der Waals surface area contributed by atoms with Crippen molar-refractivity contribution in [1.82, 2.24) is 5.32 Å². The van der Waals surface area contributed by atoms with Gasteiger partial charge in [0.25, 0.3) is 0 Å². The fourth-order valence-corrected chi connectivity index (χ4v) is 2.21. The lowest BCUT2D eigenvalue weighted by Gasteiger charge is -2.23. The van der Waals surface area contributed by atoms with Gasteiger partial charge in [0.2, 0.25) is 0 Å². The number of hydrogen-bond acceptors (Lipinski definition) is 3. The van der Waals surface area contributed by atoms with E-state index in [0.29, 0.717) is 6.61 Å². The molecule has 1 aliphatic heterocycles. The number of benzene rings is 1. The summed E-state index contributed by atoms with van der Waals surface area (Å²) in [5, 5.41) is 3.56. The van der Waals surface area contributed by atoms with Crippen LogP contribution in [0.4, 0.5) is 0 Å². The van der Waals surface area contributed by atoms with Gasteiger partial charge in [-0.05, 0) is 33.3 Å². The Hall–Kier alpha value is -1.06. The zero-order valence-electron chi connectivity index (χ0n) is 11.5. The SMILES string of the molecule is CCOc1ccccc1C1CNC(C)(C)CCO1. The van der Waals surface area contributed by atoms with Gasteiger partial charge in [-0.1, -0.05) is 18.2 Å². The van der Waals surface area contributed by atoms with Gasteiger partial charge < -0.3 is 14.8 Å². The van der Waals surface area contributed by atoms with E-state index in [9.17, 15) is 0 Å². The number of ether oxygens (including phenoxy) is 2. The summed E-state index contributed by atoms with van der Waals surface area (Å²) in [6.45, 7) is 8.73. The van der Waals surface area contributed by atoms with Gasteiger partial charge in [0.1, 0.15) is 5.75 Å². The second-order valence-electron chi connectivity index (χ2n) is 5.35. The van der Waals surface area contributed by atoms with Gasteiger partial charge in [0, 0.05) is 24.3 Å². The number of hydrogen-bond donors (Lipinski definition) is 1. The average molecular weight is 249 g/mol. The molecule has 1 aromatic carbocycles. The number of para-hydroxylation sites is 1. The number of rotatable bonds is 3. The molecule has 1 aliphatic rings. The first kappa shape index (κ1) is 13.4. The van der Waals surface area contributed by atoms with Crippen molar-refractivity contribution in [3.05, 3.63) is 29.8 Å². The Balaban J connectivity index is 2.15. The second-order valence-corrected chi connectivity index (χ2v) is 5.35. The minimum Gasteiger partial charge on any atom is -0.493 e. The maximum absolute atomic E-state index is 5.97. The molecule has 18 heavy (non-hydrogen) atoms. The fourth-order valence-electron chi connectivity index (χ4n) is 2.21. The summed E-state index contributed by atoms with van der Waals surface area (Å²) in [5.41, 5.74) is 1.29. The van der Waals surface area contributed by atoms with Crippen molar-refractivity contribution >= 4 is 0 Å². The molecule has 1 saturated heterocycles. The van der Waals surface area contributed by atoms with E-state index in [2.05, 4.69) is 25.2 Å². The van der Waals surface area contributed by atoms with Gasteiger partial charge in [0.15, 0.2) is 0 Å². The highest BCUT2D eigenvalue weighted by Crippen LogP contribution is 2.30. The Morgan fingerprint density at radius 1 is 1.39 bits per heavy atom. The lowest BCUT2D eigenvalue weighted by molar-refractivity contribution is 0.0634. The molecule has 0 aromatic heterocycles. The van der Waals surface area contributed by atoms with Crippen molar-refractivity contribution < 1.29 is 9.47 Å². The van der Waals surface area contributed by atoms with Crippen LogP contribution < -0.4 is 10.1 Å². The predicted octanol–water partition coefficient (Wildman–Crippen LogP) is 2.91. The highest BCUT2D eigenvalue weighted by molar-refractivity contribution is 5.35. The molecule has 1 unspecified atom stereocenters. The molecule has 2 rings (SSSR count). The molecule has 1 aromatic rings. The van der Waals surface area contributed by atoms with Crippen LogP contribution in [-0.4, -0.2) is 25.3 Å². The first-order chi connectivity index (χ1) is 8.62. The third-order valence-electron chi connectivity index (χ3n) is 3.38. The zero-order chi connectivity index (χ0) is 13.0. The van der Waals surface area contributed by atoms with Crippen molar-refractivity contribution in [2.45, 2.75) is 38.8 Å². The fraction of sp³-hybridized carbons (Fsp3) is 0.600. The molecule has 0 amide bonds. The highest BCUT2D eigenvalue weighted by Gasteiger charge is 2.26. The standard InChI is InChI=1S/C15H23NO2/c1-4-17-13-8-6-5-7-12(13)14-11-16-15(2,3)9-10-18-14/h5-8,14,16H,4,9-11H2,1-3H3. The summed E-state index contributed by atoms with van der Waals surface area (Å²) < 4.78 is 11.6. The van der Waals surface area contributed by atoms with E-state index in [1.165, 1.54) is 0 Å². The predicted molar refractivity (Wildman–Crippen MR) is 73.0 cm³/mol. The molecule has 100 valence electrons. The summed E-state index contributed by atoms with van der Waals surface area (Å²) in [7, 11) is 0. The molecule has 1 heterocycles. The largest absolute Gasteiger partial charge is 0.493 e. The molecule has 0 saturated carbocycles. The molecule has 1 atom stereocenters. The topological polar surface area (TPSA) is 30.5 Å². The smallest absolute Gasteiger partial charge is 0.125 e. The van der Waals surface area contributed by atoms with Gasteiger partial charge in [-0.25, -0.2) is 0 Å². The van der Waals surface area contributed by atoms with Gasteiger partial charge in [-0.2, -0.15) is 0 Å². The van der Waals surface area contributed by atoms with Crippen molar-refractivity contribution in [3.8, 4) is 5.75 Å². The zero-order valence-corrected chi connectivity index (χ0v) is 11.5. The number of nitrogens with one attached hydrogen (secondary N) is 1. The van der Waals surface area contributed by atoms with E-state index in [0.717, 1.165) is 30.9 Å². The van der Waals surface area contributed by atoms with Crippen LogP contribution in [0.2, 0.25) is 0 Å². The molecule has 3 nitrogen and oxygen atoms in total. The van der Waals surface area contributed by atoms with Crippen molar-refractivity contribution in [3.63, 3.8) is 0 Å². The van der Waals surface area contributed by atoms with Crippen molar-refractivity contribution in [2.24, 2.45) is 0 Å². The minimum atomic E-state index is 0.0783. The second kappa shape index (κ2) is 5.72. The van der Waals surface area contributed by atoms with E-state index in [4.69, 9.17) is 9.47 Å². The van der Waals surface area contributed by atoms with E-state index in [1.54, 1.807) is 0 Å². The van der Waals surface area contributed by atoms with E-state index >= 15 is 0 Å². The average Bonchev–Trinajstić information content (AvgIpc) is 2.52. The molecule has 0 radical (unpaired) electrons. The third kappa shape index (κ3) is 3.24. The molecule has 3 heteroatoms. The maximum Gasteiger partial charge on any atom is 0.125 e. The molecular weight excluding hydrogens is 226 g/mol. The van der Waals surface area contributed by atoms with Crippen LogP contribution in [0.25, 0.3) is 0 Å². The van der Waals surface area contributed by atoms with Gasteiger partial charge in [0.05, 0.1) is 12.7 Å². The first-order valence-electron chi connectivity index (χ1n) is 6.71. The molecule has 1 N–H and O–H groups in total. The summed E-state index contributed by atoms with van der Waals surface area (Å²) >= 11 is 0. The Kier molecular flexibility index (Phi) is 4.25. The summed E-state index contributed by atoms with van der Waals surface area (Å²) in [5.74, 6) is 0.937. The van der Waals surface area contributed by atoms with Crippen LogP contribution >= 0.6 is 0 Å². The Labute approximate surface area is 109 Å². The summed E-state index contributed by atoms with van der Waals surface area (Å²) in [4.78, 5) is 0. The van der Waals surface area contributed by atoms with Crippen molar-refractivity contribution in [2.75, 3.05) is 19.8 Å². The highest BCUT2D eigenvalue weighted by atomic mass is 16.5. The molecular formula is C15H23NO2. The summed E-state index contributed by atoms with van der Waals surface area (Å²) in [6.07, 6.45) is 1.11. The third-order valence-corrected chi connectivity index (χ3v) is 3.38. The minimum absolute atomic E-state index is 0.0783. The molecule has 1 fully saturated rings. The maximum atomic E-state index is 5.97. The van der Waals surface area contributed by atoms with E-state index in [1.807, 2.05) is 25.1 Å². The monoisotopic (exact) mass is 249 g/mol. The van der Waals surface area contributed by atoms with Crippen LogP contribution in [0, 0.1) is 0 Å². The normalized spacial score (nSPS) is 23.4. The van der Waals surface area contributed by atoms with Gasteiger partial charge >= 0.3 is 0 Å². The van der Waals surface area contributed by atoms with Crippen LogP contribution in [0.5, 0.6) is 5.75 Å². The van der Waals surface area contributed by atoms with Crippen LogP contribution in [0.15, 0.2) is 24.3 Å². The Morgan fingerprint density at radius 3 is 2.94 bits per heavy atom. The van der Waals surface area contributed by atoms with Crippen LogP contribution in [0.1, 0.15) is 38.9 Å². The quantitative estimate of drug-likeness (QED) is 0.893. The lowest BCUT2D eigenvalue weighted by Crippen LogP contribution is -2.39. The molecule has 0 spiro atoms. The first-order valence-corrected chi connectivity index (χ1v) is 6.71. The Bertz CT molecular complexity index is 390. The summed E-state index contributed by atoms with van der Waals surface area (Å²) in [6, 6.07) is 8.15. The van der Waals surface area contributed by atoms with Gasteiger partial charge in [-0.15, -0.1) is 0 Å². The Morgan fingerprint density at radius 2 is 2.17 bits per heavy atom. The van der Waals surface area contributed by atoms with Crippen molar-refractivity contribution in [1.29, 1.82) is 0 Å². The molecule has 0 aliphatic carbocycles. The van der Waals surface area contributed by atoms with Crippen LogP contribution in [0.3, 0.4) is 0 Å². The van der Waals surface area contributed by atoms with E-state index in [-0.39, 0.29) is 11.6 Å². The lowest BCUT2D eigenvalue weighted by atomic mass is 10.0. The van der Waals surface area contributed by atoms with E-state index < -0.39 is 0 Å².